The summed E-state index contributed by atoms with van der Waals surface area (Å²) in [6.07, 6.45) is 1.03. The van der Waals surface area contributed by atoms with E-state index in [1.54, 1.807) is 23.8 Å². The summed E-state index contributed by atoms with van der Waals surface area (Å²) >= 11 is 0. The lowest BCUT2D eigenvalue weighted by Gasteiger charge is -2.48. The smallest absolute Gasteiger partial charge is 0.245 e. The maximum atomic E-state index is 14.5. The summed E-state index contributed by atoms with van der Waals surface area (Å²) in [6.45, 7) is 5.89. The number of hydrogen-bond donors (Lipinski definition) is 2. The summed E-state index contributed by atoms with van der Waals surface area (Å²) in [5.41, 5.74) is -0.00391. The number of carbonyl (C=O) groups excluding carboxylic acids is 1. The van der Waals surface area contributed by atoms with Crippen molar-refractivity contribution in [2.45, 2.75) is 37.2 Å². The maximum Gasteiger partial charge on any atom is 0.245 e. The highest BCUT2D eigenvalue weighted by Crippen LogP contribution is 2.30. The molecule has 1 aliphatic rings. The van der Waals surface area contributed by atoms with Crippen molar-refractivity contribution in [1.29, 1.82) is 0 Å². The molecule has 2 heterocycles. The van der Waals surface area contributed by atoms with E-state index < -0.39 is 27.4 Å². The number of primary sulfonamides is 1. The number of anilines is 3. The molecule has 156 valence electrons. The number of carbonyl (C=O) groups is 1. The first-order chi connectivity index (χ1) is 13.4. The van der Waals surface area contributed by atoms with Crippen LogP contribution in [0.25, 0.3) is 0 Å². The van der Waals surface area contributed by atoms with Crippen molar-refractivity contribution in [2.24, 2.45) is 5.14 Å². The van der Waals surface area contributed by atoms with Gasteiger partial charge in [-0.25, -0.2) is 22.9 Å². The second-order valence-electron chi connectivity index (χ2n) is 7.57. The summed E-state index contributed by atoms with van der Waals surface area (Å²) in [6, 6.07) is 5.09. The number of piperazine rings is 1. The highest BCUT2D eigenvalue weighted by molar-refractivity contribution is 7.89. The van der Waals surface area contributed by atoms with E-state index in [-0.39, 0.29) is 22.6 Å². The van der Waals surface area contributed by atoms with E-state index in [0.717, 1.165) is 6.20 Å². The highest BCUT2D eigenvalue weighted by atomic mass is 32.2. The van der Waals surface area contributed by atoms with Gasteiger partial charge < -0.3 is 15.1 Å². The zero-order chi connectivity index (χ0) is 21.6. The van der Waals surface area contributed by atoms with Crippen molar-refractivity contribution in [2.75, 3.05) is 23.8 Å². The zero-order valence-electron chi connectivity index (χ0n) is 16.5. The Bertz CT molecular complexity index is 1040. The first-order valence-electron chi connectivity index (χ1n) is 8.87. The molecule has 0 aliphatic carbocycles. The Balaban J connectivity index is 1.89. The van der Waals surface area contributed by atoms with E-state index in [9.17, 15) is 17.6 Å². The summed E-state index contributed by atoms with van der Waals surface area (Å²) in [5, 5.41) is 7.98. The highest BCUT2D eigenvalue weighted by Gasteiger charge is 2.42. The quantitative estimate of drug-likeness (QED) is 0.765. The number of halogens is 1. The van der Waals surface area contributed by atoms with Gasteiger partial charge in [0.05, 0.1) is 16.6 Å². The molecule has 1 aliphatic heterocycles. The lowest BCUT2D eigenvalue weighted by molar-refractivity contribution is -0.138. The summed E-state index contributed by atoms with van der Waals surface area (Å²) in [5.74, 6) is -0.640. The van der Waals surface area contributed by atoms with E-state index >= 15 is 0 Å². The Labute approximate surface area is 168 Å². The molecular formula is C18H23FN6O3S. The minimum absolute atomic E-state index is 0.0191. The lowest BCUT2D eigenvalue weighted by Crippen LogP contribution is -2.64. The van der Waals surface area contributed by atoms with E-state index in [1.165, 1.54) is 24.3 Å². The van der Waals surface area contributed by atoms with Gasteiger partial charge in [-0.2, -0.15) is 4.98 Å². The van der Waals surface area contributed by atoms with E-state index in [4.69, 9.17) is 5.14 Å². The first kappa shape index (κ1) is 20.9. The number of rotatable bonds is 4. The van der Waals surface area contributed by atoms with Crippen LogP contribution in [-0.2, 0) is 14.8 Å². The van der Waals surface area contributed by atoms with Crippen LogP contribution in [-0.4, -0.2) is 54.4 Å². The van der Waals surface area contributed by atoms with Gasteiger partial charge in [0.2, 0.25) is 21.9 Å². The molecule has 9 nitrogen and oxygen atoms in total. The number of nitrogens with zero attached hydrogens (tertiary/aromatic N) is 4. The van der Waals surface area contributed by atoms with Gasteiger partial charge in [-0.1, -0.05) is 0 Å². The molecule has 3 rings (SSSR count). The molecule has 1 aromatic carbocycles. The molecule has 3 N–H and O–H groups in total. The second-order valence-corrected chi connectivity index (χ2v) is 9.13. The fourth-order valence-electron chi connectivity index (χ4n) is 3.11. The average Bonchev–Trinajstić information content (AvgIpc) is 2.65. The molecule has 0 radical (unpaired) electrons. The number of sulfonamides is 1. The molecule has 1 saturated heterocycles. The van der Waals surface area contributed by atoms with Gasteiger partial charge >= 0.3 is 0 Å². The van der Waals surface area contributed by atoms with Crippen LogP contribution in [0.3, 0.4) is 0 Å². The topological polar surface area (TPSA) is 122 Å². The van der Waals surface area contributed by atoms with Crippen LogP contribution in [0.2, 0.25) is 0 Å². The number of aromatic nitrogens is 2. The fourth-order valence-corrected chi connectivity index (χ4v) is 3.62. The Morgan fingerprint density at radius 1 is 1.28 bits per heavy atom. The first-order valence-corrected chi connectivity index (χ1v) is 10.4. The normalized spacial score (nSPS) is 19.4. The molecule has 0 unspecified atom stereocenters. The lowest BCUT2D eigenvalue weighted by atomic mass is 9.96. The van der Waals surface area contributed by atoms with Crippen LogP contribution in [0.5, 0.6) is 0 Å². The molecule has 29 heavy (non-hydrogen) atoms. The van der Waals surface area contributed by atoms with Crippen LogP contribution >= 0.6 is 0 Å². The third kappa shape index (κ3) is 4.15. The van der Waals surface area contributed by atoms with Crippen LogP contribution in [0, 0.1) is 5.82 Å². The predicted molar refractivity (Wildman–Crippen MR) is 107 cm³/mol. The minimum atomic E-state index is -3.80. The number of likely N-dealkylation sites (N-methyl/N-ethyl adjacent to an activating group) is 1. The minimum Gasteiger partial charge on any atom is -0.340 e. The van der Waals surface area contributed by atoms with Gasteiger partial charge in [0.25, 0.3) is 0 Å². The third-order valence-corrected chi connectivity index (χ3v) is 5.99. The van der Waals surface area contributed by atoms with Gasteiger partial charge in [0.1, 0.15) is 6.04 Å². The molecule has 0 saturated carbocycles. The van der Waals surface area contributed by atoms with Gasteiger partial charge in [-0.3, -0.25) is 4.79 Å². The maximum absolute atomic E-state index is 14.5. The number of benzene rings is 1. The van der Waals surface area contributed by atoms with Crippen molar-refractivity contribution in [3.05, 3.63) is 36.3 Å². The molecular weight excluding hydrogens is 399 g/mol. The van der Waals surface area contributed by atoms with Crippen LogP contribution in [0.1, 0.15) is 20.8 Å². The standard InChI is InChI=1S/C18H23FN6O3S/c1-11-16(26)24(4)18(2,3)10-25(11)15-14(19)9-21-17(23-15)22-12-5-7-13(8-6-12)29(20,27)28/h5-9,11H,10H2,1-4H3,(H2,20,27,28)(H,21,22,23)/t11-/m0/s1. The van der Waals surface area contributed by atoms with E-state index in [0.29, 0.717) is 12.2 Å². The van der Waals surface area contributed by atoms with Gasteiger partial charge in [-0.05, 0) is 45.0 Å². The van der Waals surface area contributed by atoms with Crippen molar-refractivity contribution >= 4 is 33.4 Å². The second kappa shape index (κ2) is 7.23. The monoisotopic (exact) mass is 422 g/mol. The van der Waals surface area contributed by atoms with Gasteiger partial charge in [0, 0.05) is 19.3 Å². The Hall–Kier alpha value is -2.79. The van der Waals surface area contributed by atoms with E-state index in [2.05, 4.69) is 15.3 Å². The molecule has 0 bridgehead atoms. The van der Waals surface area contributed by atoms with Crippen molar-refractivity contribution in [3.8, 4) is 0 Å². The van der Waals surface area contributed by atoms with Crippen LogP contribution in [0.4, 0.5) is 21.8 Å². The predicted octanol–water partition coefficient (Wildman–Crippen LogP) is 1.45. The molecule has 1 aromatic heterocycles. The van der Waals surface area contributed by atoms with Crippen molar-refractivity contribution in [1.82, 2.24) is 14.9 Å². The largest absolute Gasteiger partial charge is 0.340 e. The molecule has 0 spiro atoms. The van der Waals surface area contributed by atoms with Crippen LogP contribution in [0.15, 0.2) is 35.4 Å². The Kier molecular flexibility index (Phi) is 5.22. The van der Waals surface area contributed by atoms with Crippen molar-refractivity contribution in [3.63, 3.8) is 0 Å². The molecule has 1 atom stereocenters. The number of nitrogens with two attached hydrogens (primary N) is 1. The molecule has 11 heteroatoms. The third-order valence-electron chi connectivity index (χ3n) is 5.06. The summed E-state index contributed by atoms with van der Waals surface area (Å²) in [7, 11) is -2.07. The SMILES string of the molecule is C[C@H]1C(=O)N(C)C(C)(C)CN1c1nc(Nc2ccc(S(N)(=O)=O)cc2)ncc1F. The average molecular weight is 422 g/mol. The summed E-state index contributed by atoms with van der Waals surface area (Å²) in [4.78, 5) is 24.0. The van der Waals surface area contributed by atoms with Crippen LogP contribution < -0.4 is 15.4 Å². The van der Waals surface area contributed by atoms with Crippen molar-refractivity contribution < 1.29 is 17.6 Å². The van der Waals surface area contributed by atoms with Gasteiger partial charge in [-0.15, -0.1) is 0 Å². The number of amides is 1. The van der Waals surface area contributed by atoms with E-state index in [1.807, 2.05) is 13.8 Å². The molecule has 1 fully saturated rings. The fraction of sp³-hybridized carbons (Fsp3) is 0.389. The molecule has 1 amide bonds. The Morgan fingerprint density at radius 2 is 1.90 bits per heavy atom. The Morgan fingerprint density at radius 3 is 2.48 bits per heavy atom. The number of nitrogens with one attached hydrogen (secondary N) is 1. The number of hydrogen-bond acceptors (Lipinski definition) is 7. The van der Waals surface area contributed by atoms with Gasteiger partial charge in [0.15, 0.2) is 11.6 Å². The molecule has 2 aromatic rings. The summed E-state index contributed by atoms with van der Waals surface area (Å²) < 4.78 is 37.2. The zero-order valence-corrected chi connectivity index (χ0v) is 17.4.